The Labute approximate surface area is 214 Å². The van der Waals surface area contributed by atoms with Gasteiger partial charge in [0.05, 0.1) is 30.7 Å². The van der Waals surface area contributed by atoms with Crippen LogP contribution in [0.2, 0.25) is 0 Å². The quantitative estimate of drug-likeness (QED) is 0.325. The van der Waals surface area contributed by atoms with Crippen molar-refractivity contribution in [3.8, 4) is 0 Å². The van der Waals surface area contributed by atoms with Gasteiger partial charge in [0.15, 0.2) is 0 Å². The van der Waals surface area contributed by atoms with Crippen LogP contribution >= 0.6 is 0 Å². The van der Waals surface area contributed by atoms with E-state index in [1.807, 2.05) is 20.8 Å². The molecule has 35 heavy (non-hydrogen) atoms. The van der Waals surface area contributed by atoms with E-state index in [1.54, 1.807) is 20.8 Å². The molecule has 0 bridgehead atoms. The average Bonchev–Trinajstić information content (AvgIpc) is 2.68. The minimum atomic E-state index is -0.935. The number of aliphatic hydroxyl groups is 2. The van der Waals surface area contributed by atoms with Crippen LogP contribution in [0.4, 0.5) is 0 Å². The van der Waals surface area contributed by atoms with Crippen molar-refractivity contribution in [1.29, 1.82) is 0 Å². The fourth-order valence-electron chi connectivity index (χ4n) is 5.46. The molecule has 1 aliphatic rings. The summed E-state index contributed by atoms with van der Waals surface area (Å²) in [7, 11) is 0. The van der Waals surface area contributed by atoms with E-state index in [2.05, 4.69) is 27.7 Å². The monoisotopic (exact) mass is 498 g/mol. The van der Waals surface area contributed by atoms with Crippen LogP contribution in [-0.4, -0.2) is 46.6 Å². The van der Waals surface area contributed by atoms with Gasteiger partial charge in [0, 0.05) is 0 Å². The van der Waals surface area contributed by atoms with Crippen molar-refractivity contribution in [1.82, 2.24) is 0 Å². The molecule has 5 atom stereocenters. The molecule has 6 heteroatoms. The Morgan fingerprint density at radius 3 is 2.17 bits per heavy atom. The van der Waals surface area contributed by atoms with Crippen LogP contribution in [0.5, 0.6) is 0 Å². The van der Waals surface area contributed by atoms with Gasteiger partial charge in [-0.3, -0.25) is 9.59 Å². The first kappa shape index (κ1) is 31.9. The SMILES string of the molecule is CCC(C)(C)C(=O)OC[C@@H]1[C@@H](CC[C@@H](O)C[C@@H](O)CC(=O)OC(C)(C)C)C(C)(C)CC[C@H]1C(C)C. The van der Waals surface area contributed by atoms with Gasteiger partial charge in [-0.15, -0.1) is 0 Å². The molecule has 0 saturated heterocycles. The zero-order chi connectivity index (χ0) is 27.2. The largest absolute Gasteiger partial charge is 0.465 e. The zero-order valence-electron chi connectivity index (χ0n) is 24.1. The maximum absolute atomic E-state index is 12.7. The normalized spacial score (nSPS) is 24.7. The van der Waals surface area contributed by atoms with Crippen molar-refractivity contribution in [2.45, 2.75) is 132 Å². The Hall–Kier alpha value is -1.14. The Morgan fingerprint density at radius 1 is 1.06 bits per heavy atom. The smallest absolute Gasteiger partial charge is 0.311 e. The first-order valence-electron chi connectivity index (χ1n) is 13.6. The lowest BCUT2D eigenvalue weighted by Gasteiger charge is -2.49. The summed E-state index contributed by atoms with van der Waals surface area (Å²) in [5.41, 5.74) is -1.02. The van der Waals surface area contributed by atoms with Gasteiger partial charge in [0.25, 0.3) is 0 Å². The van der Waals surface area contributed by atoms with Gasteiger partial charge in [-0.25, -0.2) is 0 Å². The molecular weight excluding hydrogens is 444 g/mol. The summed E-state index contributed by atoms with van der Waals surface area (Å²) in [6.07, 6.45) is 2.65. The van der Waals surface area contributed by atoms with Gasteiger partial charge >= 0.3 is 11.9 Å². The second-order valence-corrected chi connectivity index (χ2v) is 13.5. The molecule has 0 unspecified atom stereocenters. The van der Waals surface area contributed by atoms with E-state index in [1.165, 1.54) is 0 Å². The Balaban J connectivity index is 2.84. The number of hydrogen-bond acceptors (Lipinski definition) is 6. The van der Waals surface area contributed by atoms with Crippen LogP contribution in [0.25, 0.3) is 0 Å². The number of esters is 2. The van der Waals surface area contributed by atoms with Crippen molar-refractivity contribution in [2.24, 2.45) is 34.5 Å². The molecular formula is C29H54O6. The van der Waals surface area contributed by atoms with Gasteiger partial charge in [-0.1, -0.05) is 34.6 Å². The predicted octanol–water partition coefficient (Wildman–Crippen LogP) is 5.91. The van der Waals surface area contributed by atoms with Gasteiger partial charge in [-0.05, 0) is 102 Å². The number of rotatable bonds is 12. The van der Waals surface area contributed by atoms with E-state index in [-0.39, 0.29) is 30.1 Å². The lowest BCUT2D eigenvalue weighted by molar-refractivity contribution is -0.160. The third-order valence-electron chi connectivity index (χ3n) is 8.07. The molecule has 0 heterocycles. The molecule has 0 spiro atoms. The third kappa shape index (κ3) is 10.4. The van der Waals surface area contributed by atoms with Crippen LogP contribution in [0.15, 0.2) is 0 Å². The molecule has 6 nitrogen and oxygen atoms in total. The Morgan fingerprint density at radius 2 is 1.66 bits per heavy atom. The van der Waals surface area contributed by atoms with Crippen LogP contribution in [0, 0.1) is 34.5 Å². The summed E-state index contributed by atoms with van der Waals surface area (Å²) in [5.74, 6) is 0.864. The molecule has 1 fully saturated rings. The van der Waals surface area contributed by atoms with Gasteiger partial charge < -0.3 is 19.7 Å². The number of ether oxygens (including phenoxy) is 2. The first-order chi connectivity index (χ1) is 15.9. The first-order valence-corrected chi connectivity index (χ1v) is 13.6. The van der Waals surface area contributed by atoms with E-state index in [0.717, 1.165) is 25.7 Å². The molecule has 0 aliphatic heterocycles. The molecule has 1 rings (SSSR count). The minimum Gasteiger partial charge on any atom is -0.465 e. The van der Waals surface area contributed by atoms with E-state index in [9.17, 15) is 19.8 Å². The van der Waals surface area contributed by atoms with Gasteiger partial charge in [-0.2, -0.15) is 0 Å². The highest BCUT2D eigenvalue weighted by atomic mass is 16.6. The molecule has 1 aliphatic carbocycles. The number of aliphatic hydroxyl groups excluding tert-OH is 2. The second kappa shape index (κ2) is 12.9. The summed E-state index contributed by atoms with van der Waals surface area (Å²) in [6.45, 7) is 20.7. The average molecular weight is 499 g/mol. The van der Waals surface area contributed by atoms with E-state index in [4.69, 9.17) is 9.47 Å². The molecule has 0 amide bonds. The van der Waals surface area contributed by atoms with Crippen molar-refractivity contribution < 1.29 is 29.3 Å². The standard InChI is InChI=1S/C29H54O6/c1-11-28(7,8)26(33)34-18-23-22(19(2)3)14-15-29(9,10)24(23)13-12-20(30)16-21(31)17-25(32)35-27(4,5)6/h19-24,30-31H,11-18H2,1-10H3/t20-,21-,22+,23+,24-/m1/s1. The summed E-state index contributed by atoms with van der Waals surface area (Å²) >= 11 is 0. The van der Waals surface area contributed by atoms with Crippen molar-refractivity contribution in [2.75, 3.05) is 6.61 Å². The topological polar surface area (TPSA) is 93.1 Å². The zero-order valence-corrected chi connectivity index (χ0v) is 24.1. The highest BCUT2D eigenvalue weighted by Crippen LogP contribution is 2.51. The lowest BCUT2D eigenvalue weighted by atomic mass is 9.56. The van der Waals surface area contributed by atoms with Crippen molar-refractivity contribution in [3.05, 3.63) is 0 Å². The van der Waals surface area contributed by atoms with Crippen molar-refractivity contribution >= 4 is 11.9 Å². The fourth-order valence-corrected chi connectivity index (χ4v) is 5.46. The van der Waals surface area contributed by atoms with E-state index < -0.39 is 29.2 Å². The second-order valence-electron chi connectivity index (χ2n) is 13.5. The summed E-state index contributed by atoms with van der Waals surface area (Å²) in [5, 5.41) is 21.0. The number of hydrogen-bond donors (Lipinski definition) is 2. The molecule has 0 radical (unpaired) electrons. The van der Waals surface area contributed by atoms with Crippen LogP contribution in [0.1, 0.15) is 114 Å². The Bertz CT molecular complexity index is 675. The van der Waals surface area contributed by atoms with Crippen LogP contribution < -0.4 is 0 Å². The fraction of sp³-hybridized carbons (Fsp3) is 0.931. The molecule has 206 valence electrons. The summed E-state index contributed by atoms with van der Waals surface area (Å²) in [6, 6.07) is 0. The molecule has 0 aromatic heterocycles. The predicted molar refractivity (Wildman–Crippen MR) is 140 cm³/mol. The molecule has 0 aromatic rings. The third-order valence-corrected chi connectivity index (χ3v) is 8.07. The van der Waals surface area contributed by atoms with Gasteiger partial charge in [0.2, 0.25) is 0 Å². The molecule has 2 N–H and O–H groups in total. The lowest BCUT2D eigenvalue weighted by Crippen LogP contribution is -2.45. The summed E-state index contributed by atoms with van der Waals surface area (Å²) in [4.78, 5) is 24.7. The van der Waals surface area contributed by atoms with E-state index >= 15 is 0 Å². The van der Waals surface area contributed by atoms with Crippen LogP contribution in [0.3, 0.4) is 0 Å². The van der Waals surface area contributed by atoms with Crippen LogP contribution in [-0.2, 0) is 19.1 Å². The van der Waals surface area contributed by atoms with Gasteiger partial charge in [0.1, 0.15) is 5.60 Å². The van der Waals surface area contributed by atoms with Crippen molar-refractivity contribution in [3.63, 3.8) is 0 Å². The number of carbonyl (C=O) groups is 2. The Kier molecular flexibility index (Phi) is 11.7. The molecule has 0 aromatic carbocycles. The highest BCUT2D eigenvalue weighted by Gasteiger charge is 2.45. The molecule has 1 saturated carbocycles. The number of carbonyl (C=O) groups excluding carboxylic acids is 2. The summed E-state index contributed by atoms with van der Waals surface area (Å²) < 4.78 is 11.2. The maximum atomic E-state index is 12.7. The maximum Gasteiger partial charge on any atom is 0.311 e. The van der Waals surface area contributed by atoms with E-state index in [0.29, 0.717) is 30.8 Å². The highest BCUT2D eigenvalue weighted by molar-refractivity contribution is 5.75. The minimum absolute atomic E-state index is 0.0671.